The fourth-order valence-corrected chi connectivity index (χ4v) is 5.41. The molecule has 2 aliphatic rings. The number of benzene rings is 1. The zero-order valence-electron chi connectivity index (χ0n) is 21.3. The van der Waals surface area contributed by atoms with E-state index in [1.165, 1.54) is 4.68 Å². The standard InChI is InChI=1S/C24H26F6N6O3/c1-12(2)36-21(38-16-6-7-19(39-24(28,29)30)18(8-16)23(25,26)27)31-20(34-36)9-17-14-4-5-15(17)11-35(10-14)22-33-32-13(3)37-22/h6-8,12,14-15,17H,4-5,9-11H2,1-3H3/t14-,15+,17?. The molecule has 0 amide bonds. The molecule has 1 unspecified atom stereocenters. The van der Waals surface area contributed by atoms with E-state index < -0.39 is 23.9 Å². The maximum atomic E-state index is 13.5. The Labute approximate surface area is 219 Å². The predicted octanol–water partition coefficient (Wildman–Crippen LogP) is 5.97. The van der Waals surface area contributed by atoms with Crippen LogP contribution in [0.5, 0.6) is 17.5 Å². The van der Waals surface area contributed by atoms with Crippen LogP contribution in [0.4, 0.5) is 32.4 Å². The lowest BCUT2D eigenvalue weighted by molar-refractivity contribution is -0.276. The summed E-state index contributed by atoms with van der Waals surface area (Å²) in [5.41, 5.74) is -1.62. The molecule has 3 atom stereocenters. The van der Waals surface area contributed by atoms with Gasteiger partial charge in [0.15, 0.2) is 5.82 Å². The summed E-state index contributed by atoms with van der Waals surface area (Å²) in [6.45, 7) is 6.86. The highest BCUT2D eigenvalue weighted by molar-refractivity contribution is 5.43. The quantitative estimate of drug-likeness (QED) is 0.327. The summed E-state index contributed by atoms with van der Waals surface area (Å²) in [4.78, 5) is 6.55. The van der Waals surface area contributed by atoms with Crippen molar-refractivity contribution in [1.82, 2.24) is 25.0 Å². The molecule has 5 rings (SSSR count). The molecule has 2 aromatic heterocycles. The van der Waals surface area contributed by atoms with Gasteiger partial charge in [-0.05, 0) is 62.6 Å². The normalized spacial score (nSPS) is 21.6. The number of hydrogen-bond donors (Lipinski definition) is 0. The Morgan fingerprint density at radius 2 is 1.74 bits per heavy atom. The highest BCUT2D eigenvalue weighted by Crippen LogP contribution is 2.45. The van der Waals surface area contributed by atoms with E-state index in [4.69, 9.17) is 9.15 Å². The van der Waals surface area contributed by atoms with E-state index in [-0.39, 0.29) is 23.7 Å². The minimum Gasteiger partial charge on any atom is -0.424 e. The van der Waals surface area contributed by atoms with Crippen LogP contribution in [0.25, 0.3) is 0 Å². The van der Waals surface area contributed by atoms with Crippen molar-refractivity contribution in [3.8, 4) is 17.5 Å². The molecule has 0 radical (unpaired) electrons. The average molecular weight is 560 g/mol. The van der Waals surface area contributed by atoms with Gasteiger partial charge in [-0.25, -0.2) is 4.68 Å². The van der Waals surface area contributed by atoms with Crippen LogP contribution in [0.15, 0.2) is 22.6 Å². The van der Waals surface area contributed by atoms with Crippen molar-refractivity contribution in [3.05, 3.63) is 35.5 Å². The summed E-state index contributed by atoms with van der Waals surface area (Å²) in [6.07, 6.45) is -7.78. The van der Waals surface area contributed by atoms with Crippen LogP contribution in [-0.4, -0.2) is 44.4 Å². The Balaban J connectivity index is 1.34. The van der Waals surface area contributed by atoms with Crippen LogP contribution < -0.4 is 14.4 Å². The number of alkyl halides is 6. The van der Waals surface area contributed by atoms with Crippen LogP contribution in [-0.2, 0) is 12.6 Å². The Bertz CT molecular complexity index is 1310. The maximum Gasteiger partial charge on any atom is 0.573 e. The van der Waals surface area contributed by atoms with E-state index in [0.29, 0.717) is 48.1 Å². The predicted molar refractivity (Wildman–Crippen MR) is 123 cm³/mol. The Kier molecular flexibility index (Phi) is 6.87. The Hall–Kier alpha value is -3.52. The van der Waals surface area contributed by atoms with Gasteiger partial charge in [0.2, 0.25) is 5.89 Å². The zero-order chi connectivity index (χ0) is 28.1. The first-order chi connectivity index (χ1) is 18.3. The largest absolute Gasteiger partial charge is 0.573 e. The molecular formula is C24H26F6N6O3. The number of ether oxygens (including phenoxy) is 2. The summed E-state index contributed by atoms with van der Waals surface area (Å²) in [5.74, 6) is 0.253. The van der Waals surface area contributed by atoms with Crippen molar-refractivity contribution in [2.24, 2.45) is 17.8 Å². The highest BCUT2D eigenvalue weighted by atomic mass is 19.4. The molecule has 9 nitrogen and oxygen atoms in total. The summed E-state index contributed by atoms with van der Waals surface area (Å²) >= 11 is 0. The van der Waals surface area contributed by atoms with Gasteiger partial charge < -0.3 is 18.8 Å². The number of nitrogens with zero attached hydrogens (tertiary/aromatic N) is 6. The molecule has 39 heavy (non-hydrogen) atoms. The van der Waals surface area contributed by atoms with E-state index in [1.807, 2.05) is 0 Å². The van der Waals surface area contributed by atoms with Crippen molar-refractivity contribution in [3.63, 3.8) is 0 Å². The minimum absolute atomic E-state index is 0.0521. The second-order valence-corrected chi connectivity index (χ2v) is 10.1. The number of piperidine rings is 1. The van der Waals surface area contributed by atoms with Crippen LogP contribution in [0.1, 0.15) is 50.0 Å². The van der Waals surface area contributed by atoms with E-state index in [1.54, 1.807) is 20.8 Å². The number of hydrogen-bond acceptors (Lipinski definition) is 8. The molecule has 3 heterocycles. The molecule has 1 saturated heterocycles. The van der Waals surface area contributed by atoms with Crippen LogP contribution in [0.3, 0.4) is 0 Å². The maximum absolute atomic E-state index is 13.5. The second-order valence-electron chi connectivity index (χ2n) is 10.1. The average Bonchev–Trinajstić information content (AvgIpc) is 3.49. The van der Waals surface area contributed by atoms with E-state index in [0.717, 1.165) is 32.0 Å². The second kappa shape index (κ2) is 9.90. The van der Waals surface area contributed by atoms with Crippen molar-refractivity contribution in [1.29, 1.82) is 0 Å². The molecule has 2 bridgehead atoms. The first kappa shape index (κ1) is 27.1. The number of aromatic nitrogens is 5. The lowest BCUT2D eigenvalue weighted by Gasteiger charge is -2.36. The third kappa shape index (κ3) is 5.91. The fourth-order valence-electron chi connectivity index (χ4n) is 5.41. The molecule has 0 spiro atoms. The Morgan fingerprint density at radius 1 is 1.05 bits per heavy atom. The minimum atomic E-state index is -5.28. The molecule has 1 saturated carbocycles. The van der Waals surface area contributed by atoms with Gasteiger partial charge in [0.25, 0.3) is 0 Å². The number of aryl methyl sites for hydroxylation is 1. The van der Waals surface area contributed by atoms with Gasteiger partial charge in [-0.1, -0.05) is 5.10 Å². The smallest absolute Gasteiger partial charge is 0.424 e. The van der Waals surface area contributed by atoms with Crippen molar-refractivity contribution < 1.29 is 40.2 Å². The number of fused-ring (bicyclic) bond motifs is 2. The third-order valence-corrected chi connectivity index (χ3v) is 7.06. The van der Waals surface area contributed by atoms with Crippen molar-refractivity contribution in [2.45, 2.75) is 58.6 Å². The number of rotatable bonds is 7. The summed E-state index contributed by atoms with van der Waals surface area (Å²) in [6, 6.07) is 2.20. The molecule has 1 aliphatic heterocycles. The van der Waals surface area contributed by atoms with Gasteiger partial charge in [-0.3, -0.25) is 0 Å². The first-order valence-electron chi connectivity index (χ1n) is 12.4. The lowest BCUT2D eigenvalue weighted by atomic mass is 9.82. The van der Waals surface area contributed by atoms with Gasteiger partial charge in [0.05, 0.1) is 6.04 Å². The van der Waals surface area contributed by atoms with Crippen LogP contribution >= 0.6 is 0 Å². The lowest BCUT2D eigenvalue weighted by Crippen LogP contribution is -2.43. The number of anilines is 1. The summed E-state index contributed by atoms with van der Waals surface area (Å²) in [7, 11) is 0. The van der Waals surface area contributed by atoms with Gasteiger partial charge in [0, 0.05) is 26.4 Å². The monoisotopic (exact) mass is 560 g/mol. The molecule has 2 fully saturated rings. The SMILES string of the molecule is Cc1nnc(N2C[C@H]3CC[C@@H](C2)C3Cc2nc(Oc3ccc(OC(F)(F)F)c(C(F)(F)F)c3)n(C(C)C)n2)o1. The molecule has 0 N–H and O–H groups in total. The van der Waals surface area contributed by atoms with Crippen molar-refractivity contribution in [2.75, 3.05) is 18.0 Å². The number of halogens is 6. The molecule has 212 valence electrons. The first-order valence-corrected chi connectivity index (χ1v) is 12.4. The summed E-state index contributed by atoms with van der Waals surface area (Å²) < 4.78 is 94.5. The van der Waals surface area contributed by atoms with E-state index in [9.17, 15) is 26.3 Å². The van der Waals surface area contributed by atoms with Gasteiger partial charge in [0.1, 0.15) is 17.1 Å². The van der Waals surface area contributed by atoms with Crippen LogP contribution in [0, 0.1) is 24.7 Å². The molecule has 3 aromatic rings. The molecule has 15 heteroatoms. The van der Waals surface area contributed by atoms with Gasteiger partial charge in [-0.15, -0.1) is 18.3 Å². The van der Waals surface area contributed by atoms with Gasteiger partial charge >= 0.3 is 24.6 Å². The van der Waals surface area contributed by atoms with Crippen molar-refractivity contribution >= 4 is 6.01 Å². The van der Waals surface area contributed by atoms with Crippen LogP contribution in [0.2, 0.25) is 0 Å². The van der Waals surface area contributed by atoms with Gasteiger partial charge in [-0.2, -0.15) is 23.3 Å². The topological polar surface area (TPSA) is 91.3 Å². The molecule has 1 aliphatic carbocycles. The Morgan fingerprint density at radius 3 is 2.31 bits per heavy atom. The van der Waals surface area contributed by atoms with E-state index in [2.05, 4.69) is 29.9 Å². The fraction of sp³-hybridized carbons (Fsp3) is 0.583. The zero-order valence-corrected chi connectivity index (χ0v) is 21.3. The molecule has 1 aromatic carbocycles. The third-order valence-electron chi connectivity index (χ3n) is 7.06. The summed E-state index contributed by atoms with van der Waals surface area (Å²) in [5, 5.41) is 12.6. The molecular weight excluding hydrogens is 534 g/mol. The highest BCUT2D eigenvalue weighted by Gasteiger charge is 2.44. The van der Waals surface area contributed by atoms with E-state index >= 15 is 0 Å².